The summed E-state index contributed by atoms with van der Waals surface area (Å²) in [5, 5.41) is 3.97. The van der Waals surface area contributed by atoms with Crippen molar-refractivity contribution in [3.05, 3.63) is 58.6 Å². The van der Waals surface area contributed by atoms with Gasteiger partial charge in [0.25, 0.3) is 0 Å². The zero-order valence-electron chi connectivity index (χ0n) is 12.4. The Kier molecular flexibility index (Phi) is 6.05. The highest BCUT2D eigenvalue weighted by atomic mass is 35.5. The van der Waals surface area contributed by atoms with Crippen LogP contribution in [0.3, 0.4) is 0 Å². The molecule has 4 heteroatoms. The molecule has 3 nitrogen and oxygen atoms in total. The van der Waals surface area contributed by atoms with Crippen molar-refractivity contribution in [3.63, 3.8) is 0 Å². The topological polar surface area (TPSA) is 30.5 Å². The van der Waals surface area contributed by atoms with E-state index in [4.69, 9.17) is 21.1 Å². The lowest BCUT2D eigenvalue weighted by molar-refractivity contribution is 0.184. The number of hydrogen-bond acceptors (Lipinski definition) is 3. The highest BCUT2D eigenvalue weighted by Crippen LogP contribution is 2.27. The molecule has 2 rings (SSSR count). The zero-order valence-corrected chi connectivity index (χ0v) is 13.1. The summed E-state index contributed by atoms with van der Waals surface area (Å²) >= 11 is 6.27. The Bertz CT molecular complexity index is 587. The van der Waals surface area contributed by atoms with Gasteiger partial charge in [-0.25, -0.2) is 0 Å². The van der Waals surface area contributed by atoms with Gasteiger partial charge < -0.3 is 14.8 Å². The molecular weight excluding hydrogens is 286 g/mol. The zero-order chi connectivity index (χ0) is 15.1. The molecule has 0 fully saturated rings. The summed E-state index contributed by atoms with van der Waals surface area (Å²) in [5.74, 6) is 1.51. The summed E-state index contributed by atoms with van der Waals surface area (Å²) in [6, 6.07) is 13.6. The van der Waals surface area contributed by atoms with E-state index in [1.54, 1.807) is 7.11 Å². The van der Waals surface area contributed by atoms with Gasteiger partial charge in [-0.1, -0.05) is 36.7 Å². The third-order valence-electron chi connectivity index (χ3n) is 3.04. The van der Waals surface area contributed by atoms with Crippen LogP contribution in [0.5, 0.6) is 11.5 Å². The molecule has 0 amide bonds. The van der Waals surface area contributed by atoms with E-state index in [9.17, 15) is 0 Å². The molecule has 0 heterocycles. The molecule has 2 aromatic rings. The van der Waals surface area contributed by atoms with E-state index < -0.39 is 0 Å². The van der Waals surface area contributed by atoms with Gasteiger partial charge in [-0.15, -0.1) is 0 Å². The van der Waals surface area contributed by atoms with Gasteiger partial charge >= 0.3 is 0 Å². The van der Waals surface area contributed by atoms with Gasteiger partial charge in [-0.3, -0.25) is 0 Å². The maximum Gasteiger partial charge on any atom is 0.128 e. The summed E-state index contributed by atoms with van der Waals surface area (Å²) < 4.78 is 11.0. The monoisotopic (exact) mass is 305 g/mol. The summed E-state index contributed by atoms with van der Waals surface area (Å²) in [6.07, 6.45) is 0. The lowest BCUT2D eigenvalue weighted by Crippen LogP contribution is -2.11. The number of hydrogen-bond donors (Lipinski definition) is 1. The summed E-state index contributed by atoms with van der Waals surface area (Å²) in [4.78, 5) is 0. The van der Waals surface area contributed by atoms with Crippen LogP contribution in [0.1, 0.15) is 18.1 Å². The first-order valence-corrected chi connectivity index (χ1v) is 7.35. The largest absolute Gasteiger partial charge is 0.457 e. The second kappa shape index (κ2) is 8.03. The van der Waals surface area contributed by atoms with Crippen molar-refractivity contribution in [3.8, 4) is 11.5 Å². The highest BCUT2D eigenvalue weighted by molar-refractivity contribution is 6.31. The molecule has 0 spiro atoms. The van der Waals surface area contributed by atoms with Gasteiger partial charge in [0.05, 0.1) is 6.61 Å². The molecule has 1 N–H and O–H groups in total. The normalized spacial score (nSPS) is 10.6. The Balaban J connectivity index is 2.09. The van der Waals surface area contributed by atoms with Crippen LogP contribution in [0.4, 0.5) is 0 Å². The van der Waals surface area contributed by atoms with Crippen LogP contribution in [-0.2, 0) is 17.9 Å². The van der Waals surface area contributed by atoms with Crippen LogP contribution >= 0.6 is 11.6 Å². The maximum absolute atomic E-state index is 6.27. The van der Waals surface area contributed by atoms with Gasteiger partial charge in [0.15, 0.2) is 0 Å². The fourth-order valence-electron chi connectivity index (χ4n) is 2.00. The molecule has 0 aliphatic rings. The Labute approximate surface area is 130 Å². The molecule has 0 aromatic heterocycles. The van der Waals surface area contributed by atoms with Crippen LogP contribution in [0.15, 0.2) is 42.5 Å². The molecule has 0 unspecified atom stereocenters. The van der Waals surface area contributed by atoms with Crippen LogP contribution in [-0.4, -0.2) is 13.7 Å². The van der Waals surface area contributed by atoms with Crippen LogP contribution in [0.25, 0.3) is 0 Å². The van der Waals surface area contributed by atoms with Crippen molar-refractivity contribution in [2.45, 2.75) is 20.1 Å². The summed E-state index contributed by atoms with van der Waals surface area (Å²) in [5.41, 5.74) is 2.14. The highest BCUT2D eigenvalue weighted by Gasteiger charge is 2.04. The van der Waals surface area contributed by atoms with E-state index >= 15 is 0 Å². The van der Waals surface area contributed by atoms with E-state index in [-0.39, 0.29) is 0 Å². The third kappa shape index (κ3) is 4.74. The maximum atomic E-state index is 6.27. The second-order valence-electron chi connectivity index (χ2n) is 4.72. The minimum atomic E-state index is 0.569. The Hall–Kier alpha value is -1.55. The van der Waals surface area contributed by atoms with Gasteiger partial charge in [0, 0.05) is 18.7 Å². The first-order valence-electron chi connectivity index (χ1n) is 6.97. The van der Waals surface area contributed by atoms with Gasteiger partial charge in [0.1, 0.15) is 11.5 Å². The molecule has 0 bridgehead atoms. The fourth-order valence-corrected chi connectivity index (χ4v) is 2.23. The van der Waals surface area contributed by atoms with Gasteiger partial charge in [-0.05, 0) is 41.9 Å². The number of benzene rings is 2. The number of rotatable bonds is 7. The SMILES string of the molecule is CCNCc1ccc(Oc2cccc(COC)c2)cc1Cl. The van der Waals surface area contributed by atoms with Crippen molar-refractivity contribution < 1.29 is 9.47 Å². The average molecular weight is 306 g/mol. The number of halogens is 1. The Morgan fingerprint density at radius 1 is 1.10 bits per heavy atom. The Morgan fingerprint density at radius 2 is 1.90 bits per heavy atom. The predicted molar refractivity (Wildman–Crippen MR) is 86.1 cm³/mol. The standard InChI is InChI=1S/C17H20ClNO2/c1-3-19-11-14-7-8-16(10-17(14)18)21-15-6-4-5-13(9-15)12-20-2/h4-10,19H,3,11-12H2,1-2H3. The van der Waals surface area contributed by atoms with Crippen molar-refractivity contribution in [2.75, 3.05) is 13.7 Å². The summed E-state index contributed by atoms with van der Waals surface area (Å²) in [6.45, 7) is 4.32. The van der Waals surface area contributed by atoms with Gasteiger partial charge in [0.2, 0.25) is 0 Å². The van der Waals surface area contributed by atoms with Crippen molar-refractivity contribution in [1.29, 1.82) is 0 Å². The third-order valence-corrected chi connectivity index (χ3v) is 3.39. The minimum absolute atomic E-state index is 0.569. The molecular formula is C17H20ClNO2. The minimum Gasteiger partial charge on any atom is -0.457 e. The average Bonchev–Trinajstić information content (AvgIpc) is 2.47. The molecule has 0 aliphatic heterocycles. The Morgan fingerprint density at radius 3 is 2.62 bits per heavy atom. The van der Waals surface area contributed by atoms with E-state index in [0.717, 1.165) is 35.7 Å². The first-order chi connectivity index (χ1) is 10.2. The lowest BCUT2D eigenvalue weighted by Gasteiger charge is -2.10. The molecule has 21 heavy (non-hydrogen) atoms. The molecule has 0 saturated heterocycles. The molecule has 0 radical (unpaired) electrons. The molecule has 0 atom stereocenters. The van der Waals surface area contributed by atoms with Crippen molar-refractivity contribution >= 4 is 11.6 Å². The molecule has 112 valence electrons. The van der Waals surface area contributed by atoms with Gasteiger partial charge in [-0.2, -0.15) is 0 Å². The lowest BCUT2D eigenvalue weighted by atomic mass is 10.2. The van der Waals surface area contributed by atoms with E-state index in [1.807, 2.05) is 42.5 Å². The molecule has 0 saturated carbocycles. The number of methoxy groups -OCH3 is 1. The smallest absolute Gasteiger partial charge is 0.128 e. The van der Waals surface area contributed by atoms with Crippen LogP contribution < -0.4 is 10.1 Å². The quantitative estimate of drug-likeness (QED) is 0.823. The van der Waals surface area contributed by atoms with E-state index in [2.05, 4.69) is 12.2 Å². The predicted octanol–water partition coefficient (Wildman–Crippen LogP) is 4.39. The number of nitrogens with one attached hydrogen (secondary N) is 1. The molecule has 0 aliphatic carbocycles. The fraction of sp³-hybridized carbons (Fsp3) is 0.294. The van der Waals surface area contributed by atoms with E-state index in [1.165, 1.54) is 0 Å². The van der Waals surface area contributed by atoms with Crippen LogP contribution in [0.2, 0.25) is 5.02 Å². The van der Waals surface area contributed by atoms with Crippen molar-refractivity contribution in [2.24, 2.45) is 0 Å². The van der Waals surface area contributed by atoms with Crippen molar-refractivity contribution in [1.82, 2.24) is 5.32 Å². The summed E-state index contributed by atoms with van der Waals surface area (Å²) in [7, 11) is 1.68. The van der Waals surface area contributed by atoms with E-state index in [0.29, 0.717) is 11.6 Å². The second-order valence-corrected chi connectivity index (χ2v) is 5.12. The first kappa shape index (κ1) is 15.8. The number of ether oxygens (including phenoxy) is 2. The molecule has 2 aromatic carbocycles. The van der Waals surface area contributed by atoms with Crippen LogP contribution in [0, 0.1) is 0 Å².